The molecule has 0 spiro atoms. The zero-order valence-corrected chi connectivity index (χ0v) is 9.91. The number of rotatable bonds is 3. The van der Waals surface area contributed by atoms with Crippen LogP contribution in [0.1, 0.15) is 18.9 Å². The number of hydrogen-bond donors (Lipinski definition) is 1. The first-order valence-corrected chi connectivity index (χ1v) is 5.85. The minimum Gasteiger partial charge on any atom is -0.398 e. The monoisotopic (exact) mass is 229 g/mol. The van der Waals surface area contributed by atoms with Gasteiger partial charge in [-0.1, -0.05) is 37.6 Å². The van der Waals surface area contributed by atoms with Gasteiger partial charge in [0.2, 0.25) is 0 Å². The molecule has 0 saturated heterocycles. The van der Waals surface area contributed by atoms with Crippen LogP contribution >= 0.6 is 0 Å². The average molecular weight is 229 g/mol. The predicted octanol–water partition coefficient (Wildman–Crippen LogP) is 4.03. The van der Waals surface area contributed by atoms with Crippen LogP contribution in [0.2, 0.25) is 0 Å². The number of nitrogens with two attached hydrogens (primary N) is 1. The number of halogens is 1. The Bertz CT molecular complexity index is 520. The van der Waals surface area contributed by atoms with Gasteiger partial charge in [-0.2, -0.15) is 0 Å². The smallest absolute Gasteiger partial charge is 0.123 e. The Balaban J connectivity index is 2.37. The van der Waals surface area contributed by atoms with E-state index in [-0.39, 0.29) is 5.82 Å². The maximum Gasteiger partial charge on any atom is 0.123 e. The topological polar surface area (TPSA) is 26.0 Å². The van der Waals surface area contributed by atoms with E-state index < -0.39 is 0 Å². The minimum absolute atomic E-state index is 0.223. The van der Waals surface area contributed by atoms with Gasteiger partial charge in [-0.25, -0.2) is 4.39 Å². The zero-order valence-electron chi connectivity index (χ0n) is 9.91. The van der Waals surface area contributed by atoms with Gasteiger partial charge < -0.3 is 5.73 Å². The van der Waals surface area contributed by atoms with Gasteiger partial charge in [0.25, 0.3) is 0 Å². The molecule has 0 bridgehead atoms. The summed E-state index contributed by atoms with van der Waals surface area (Å²) in [6.07, 6.45) is 2.05. The van der Waals surface area contributed by atoms with E-state index in [1.165, 1.54) is 12.1 Å². The van der Waals surface area contributed by atoms with Crippen molar-refractivity contribution >= 4 is 5.69 Å². The molecular formula is C15H16FN. The Morgan fingerprint density at radius 1 is 1.06 bits per heavy atom. The van der Waals surface area contributed by atoms with E-state index in [4.69, 9.17) is 5.73 Å². The van der Waals surface area contributed by atoms with Crippen LogP contribution in [0, 0.1) is 5.82 Å². The third kappa shape index (κ3) is 2.64. The lowest BCUT2D eigenvalue weighted by atomic mass is 10.0. The van der Waals surface area contributed by atoms with Crippen molar-refractivity contribution in [1.82, 2.24) is 0 Å². The van der Waals surface area contributed by atoms with Crippen molar-refractivity contribution in [2.75, 3.05) is 5.73 Å². The van der Waals surface area contributed by atoms with Crippen molar-refractivity contribution in [1.29, 1.82) is 0 Å². The number of hydrogen-bond acceptors (Lipinski definition) is 1. The molecule has 88 valence electrons. The van der Waals surface area contributed by atoms with Crippen LogP contribution in [0.15, 0.2) is 42.5 Å². The van der Waals surface area contributed by atoms with Gasteiger partial charge >= 0.3 is 0 Å². The quantitative estimate of drug-likeness (QED) is 0.790. The molecule has 0 unspecified atom stereocenters. The van der Waals surface area contributed by atoms with E-state index in [0.29, 0.717) is 0 Å². The molecule has 0 atom stereocenters. The predicted molar refractivity (Wildman–Crippen MR) is 70.2 cm³/mol. The fourth-order valence-corrected chi connectivity index (χ4v) is 1.94. The molecule has 17 heavy (non-hydrogen) atoms. The second-order valence-electron chi connectivity index (χ2n) is 4.17. The summed E-state index contributed by atoms with van der Waals surface area (Å²) in [7, 11) is 0. The highest BCUT2D eigenvalue weighted by molar-refractivity contribution is 5.69. The molecular weight excluding hydrogens is 213 g/mol. The van der Waals surface area contributed by atoms with Crippen LogP contribution < -0.4 is 5.73 Å². The Labute approximate surface area is 101 Å². The van der Waals surface area contributed by atoms with Crippen molar-refractivity contribution < 1.29 is 4.39 Å². The van der Waals surface area contributed by atoms with Crippen LogP contribution in [-0.2, 0) is 6.42 Å². The first-order chi connectivity index (χ1) is 8.20. The zero-order chi connectivity index (χ0) is 12.3. The Morgan fingerprint density at radius 2 is 1.82 bits per heavy atom. The van der Waals surface area contributed by atoms with Crippen LogP contribution in [0.4, 0.5) is 10.1 Å². The van der Waals surface area contributed by atoms with E-state index in [9.17, 15) is 4.39 Å². The largest absolute Gasteiger partial charge is 0.398 e. The summed E-state index contributed by atoms with van der Waals surface area (Å²) >= 11 is 0. The molecule has 2 heteroatoms. The van der Waals surface area contributed by atoms with Gasteiger partial charge in [-0.3, -0.25) is 0 Å². The standard InChI is InChI=1S/C15H16FN/c1-2-4-11-7-8-13(10-15(11)17)12-5-3-6-14(16)9-12/h3,5-10H,2,4,17H2,1H3. The van der Waals surface area contributed by atoms with Crippen LogP contribution in [0.25, 0.3) is 11.1 Å². The molecule has 0 fully saturated rings. The molecule has 0 amide bonds. The number of anilines is 1. The summed E-state index contributed by atoms with van der Waals surface area (Å²) in [6.45, 7) is 2.12. The average Bonchev–Trinajstić information content (AvgIpc) is 2.32. The highest BCUT2D eigenvalue weighted by atomic mass is 19.1. The normalized spacial score (nSPS) is 10.5. The van der Waals surface area contributed by atoms with E-state index in [2.05, 4.69) is 6.92 Å². The first kappa shape index (κ1) is 11.6. The van der Waals surface area contributed by atoms with Gasteiger partial charge in [0.05, 0.1) is 0 Å². The first-order valence-electron chi connectivity index (χ1n) is 5.85. The highest BCUT2D eigenvalue weighted by Gasteiger charge is 2.03. The summed E-state index contributed by atoms with van der Waals surface area (Å²) in [5, 5.41) is 0. The Morgan fingerprint density at radius 3 is 2.47 bits per heavy atom. The molecule has 0 aromatic heterocycles. The summed E-state index contributed by atoms with van der Waals surface area (Å²) in [5.74, 6) is -0.223. The number of aryl methyl sites for hydroxylation is 1. The van der Waals surface area contributed by atoms with Gasteiger partial charge in [0.1, 0.15) is 5.82 Å². The minimum atomic E-state index is -0.223. The lowest BCUT2D eigenvalue weighted by Gasteiger charge is -2.08. The van der Waals surface area contributed by atoms with Crippen molar-refractivity contribution in [2.24, 2.45) is 0 Å². The molecule has 2 aromatic carbocycles. The second kappa shape index (κ2) is 5.00. The van der Waals surface area contributed by atoms with Crippen LogP contribution in [-0.4, -0.2) is 0 Å². The molecule has 2 rings (SSSR count). The van der Waals surface area contributed by atoms with Gasteiger partial charge in [0, 0.05) is 5.69 Å². The third-order valence-electron chi connectivity index (χ3n) is 2.82. The third-order valence-corrected chi connectivity index (χ3v) is 2.82. The molecule has 2 aromatic rings. The van der Waals surface area contributed by atoms with E-state index in [0.717, 1.165) is 35.2 Å². The number of nitrogen functional groups attached to an aromatic ring is 1. The summed E-state index contributed by atoms with van der Waals surface area (Å²) in [5.41, 5.74) is 9.76. The van der Waals surface area contributed by atoms with E-state index in [1.807, 2.05) is 24.3 Å². The van der Waals surface area contributed by atoms with Gasteiger partial charge in [-0.15, -0.1) is 0 Å². The molecule has 0 radical (unpaired) electrons. The van der Waals surface area contributed by atoms with E-state index >= 15 is 0 Å². The van der Waals surface area contributed by atoms with Crippen LogP contribution in [0.3, 0.4) is 0 Å². The number of benzene rings is 2. The van der Waals surface area contributed by atoms with E-state index in [1.54, 1.807) is 6.07 Å². The lowest BCUT2D eigenvalue weighted by Crippen LogP contribution is -1.94. The SMILES string of the molecule is CCCc1ccc(-c2cccc(F)c2)cc1N. The lowest BCUT2D eigenvalue weighted by molar-refractivity contribution is 0.628. The van der Waals surface area contributed by atoms with Gasteiger partial charge in [-0.05, 0) is 41.3 Å². The molecule has 1 nitrogen and oxygen atoms in total. The van der Waals surface area contributed by atoms with Crippen molar-refractivity contribution in [3.8, 4) is 11.1 Å². The summed E-state index contributed by atoms with van der Waals surface area (Å²) in [6, 6.07) is 12.5. The maximum atomic E-state index is 13.1. The molecule has 0 aliphatic heterocycles. The fourth-order valence-electron chi connectivity index (χ4n) is 1.94. The van der Waals surface area contributed by atoms with Crippen molar-refractivity contribution in [3.63, 3.8) is 0 Å². The Kier molecular flexibility index (Phi) is 3.43. The molecule has 0 saturated carbocycles. The Hall–Kier alpha value is -1.83. The molecule has 2 N–H and O–H groups in total. The maximum absolute atomic E-state index is 13.1. The highest BCUT2D eigenvalue weighted by Crippen LogP contribution is 2.25. The fraction of sp³-hybridized carbons (Fsp3) is 0.200. The molecule has 0 aliphatic carbocycles. The molecule has 0 heterocycles. The van der Waals surface area contributed by atoms with Crippen LogP contribution in [0.5, 0.6) is 0 Å². The van der Waals surface area contributed by atoms with Crippen molar-refractivity contribution in [3.05, 3.63) is 53.8 Å². The van der Waals surface area contributed by atoms with Gasteiger partial charge in [0.15, 0.2) is 0 Å². The second-order valence-corrected chi connectivity index (χ2v) is 4.17. The summed E-state index contributed by atoms with van der Waals surface area (Å²) in [4.78, 5) is 0. The molecule has 0 aliphatic rings. The van der Waals surface area contributed by atoms with Crippen molar-refractivity contribution in [2.45, 2.75) is 19.8 Å². The summed E-state index contributed by atoms with van der Waals surface area (Å²) < 4.78 is 13.1.